The van der Waals surface area contributed by atoms with Crippen LogP contribution < -0.4 is 0 Å². The summed E-state index contributed by atoms with van der Waals surface area (Å²) in [7, 11) is 0. The van der Waals surface area contributed by atoms with Crippen molar-refractivity contribution in [2.24, 2.45) is 11.8 Å². The highest BCUT2D eigenvalue weighted by molar-refractivity contribution is 5.64. The second kappa shape index (κ2) is 4.16. The third kappa shape index (κ3) is 1.66. The molecule has 2 aromatic rings. The van der Waals surface area contributed by atoms with Gasteiger partial charge in [0, 0.05) is 6.07 Å². The summed E-state index contributed by atoms with van der Waals surface area (Å²) in [6.45, 7) is 0. The lowest BCUT2D eigenvalue weighted by Gasteiger charge is -2.12. The first kappa shape index (κ1) is 11.6. The van der Waals surface area contributed by atoms with Gasteiger partial charge < -0.3 is 10.1 Å². The van der Waals surface area contributed by atoms with Gasteiger partial charge in [0.2, 0.25) is 5.65 Å². The van der Waals surface area contributed by atoms with Crippen LogP contribution in [0, 0.1) is 22.0 Å². The van der Waals surface area contributed by atoms with Crippen LogP contribution >= 0.6 is 0 Å². The number of fused-ring (bicyclic) bond motifs is 3. The molecule has 0 aromatic carbocycles. The molecule has 0 N–H and O–H groups in total. The molecular weight excluding hydrogens is 254 g/mol. The Balaban J connectivity index is 1.85. The van der Waals surface area contributed by atoms with E-state index in [0.717, 1.165) is 12.3 Å². The molecule has 2 unspecified atom stereocenters. The van der Waals surface area contributed by atoms with E-state index >= 15 is 0 Å². The number of nitro groups is 1. The molecule has 2 aromatic heterocycles. The van der Waals surface area contributed by atoms with Gasteiger partial charge in [-0.3, -0.25) is 0 Å². The van der Waals surface area contributed by atoms with Gasteiger partial charge in [0.15, 0.2) is 5.69 Å². The van der Waals surface area contributed by atoms with Gasteiger partial charge in [0.25, 0.3) is 0 Å². The lowest BCUT2D eigenvalue weighted by atomic mass is 9.94. The van der Waals surface area contributed by atoms with Gasteiger partial charge in [0.1, 0.15) is 0 Å². The van der Waals surface area contributed by atoms with Crippen LogP contribution in [-0.2, 0) is 0 Å². The molecule has 2 heterocycles. The van der Waals surface area contributed by atoms with E-state index in [2.05, 4.69) is 4.98 Å². The van der Waals surface area contributed by atoms with Gasteiger partial charge in [-0.25, -0.2) is 4.98 Å². The van der Waals surface area contributed by atoms with Gasteiger partial charge in [-0.2, -0.15) is 4.40 Å². The second-order valence-corrected chi connectivity index (χ2v) is 5.81. The van der Waals surface area contributed by atoms with Crippen LogP contribution in [0.25, 0.3) is 11.7 Å². The summed E-state index contributed by atoms with van der Waals surface area (Å²) in [5.74, 6) is 1.50. The molecule has 0 spiro atoms. The summed E-state index contributed by atoms with van der Waals surface area (Å²) in [5.41, 5.74) is 2.49. The molecule has 20 heavy (non-hydrogen) atoms. The van der Waals surface area contributed by atoms with Crippen molar-refractivity contribution in [1.82, 2.24) is 9.38 Å². The number of nitrogens with zero attached hydrogens (tertiary/aromatic N) is 3. The molecule has 0 radical (unpaired) electrons. The highest BCUT2D eigenvalue weighted by Gasteiger charge is 2.36. The lowest BCUT2D eigenvalue weighted by molar-refractivity contribution is -0.390. The van der Waals surface area contributed by atoms with E-state index in [9.17, 15) is 10.1 Å². The fourth-order valence-electron chi connectivity index (χ4n) is 3.73. The average Bonchev–Trinajstić information content (AvgIpc) is 3.10. The monoisotopic (exact) mass is 269 g/mol. The zero-order valence-corrected chi connectivity index (χ0v) is 11.0. The molecule has 2 aliphatic carbocycles. The molecule has 5 nitrogen and oxygen atoms in total. The molecule has 5 heteroatoms. The Bertz CT molecular complexity index is 732. The van der Waals surface area contributed by atoms with Crippen molar-refractivity contribution >= 4 is 17.5 Å². The van der Waals surface area contributed by atoms with E-state index in [1.54, 1.807) is 22.7 Å². The van der Waals surface area contributed by atoms with Crippen molar-refractivity contribution in [2.45, 2.75) is 25.7 Å². The largest absolute Gasteiger partial charge is 0.358 e. The van der Waals surface area contributed by atoms with Crippen molar-refractivity contribution in [3.05, 3.63) is 45.8 Å². The number of hydrogen-bond donors (Lipinski definition) is 0. The van der Waals surface area contributed by atoms with E-state index < -0.39 is 0 Å². The number of aromatic nitrogens is 2. The number of pyridine rings is 1. The van der Waals surface area contributed by atoms with Crippen LogP contribution in [0.4, 0.5) is 5.82 Å². The summed E-state index contributed by atoms with van der Waals surface area (Å²) in [4.78, 5) is 15.4. The van der Waals surface area contributed by atoms with Crippen LogP contribution in [0.5, 0.6) is 0 Å². The van der Waals surface area contributed by atoms with E-state index in [1.807, 2.05) is 12.1 Å². The van der Waals surface area contributed by atoms with E-state index in [0.29, 0.717) is 17.3 Å². The number of allylic oxidation sites excluding steroid dienone is 1. The minimum absolute atomic E-state index is 0.0795. The molecule has 2 fully saturated rings. The predicted molar refractivity (Wildman–Crippen MR) is 75.3 cm³/mol. The normalized spacial score (nSPS) is 26.7. The minimum atomic E-state index is -0.334. The number of rotatable bonds is 2. The minimum Gasteiger partial charge on any atom is -0.358 e. The quantitative estimate of drug-likeness (QED) is 0.619. The van der Waals surface area contributed by atoms with Gasteiger partial charge >= 0.3 is 5.82 Å². The summed E-state index contributed by atoms with van der Waals surface area (Å²) in [6.07, 6.45) is 8.56. The first-order valence-electron chi connectivity index (χ1n) is 7.04. The molecule has 102 valence electrons. The molecule has 0 saturated heterocycles. The maximum absolute atomic E-state index is 11.3. The third-order valence-corrected chi connectivity index (χ3v) is 4.62. The Morgan fingerprint density at radius 2 is 2.30 bits per heavy atom. The van der Waals surface area contributed by atoms with Gasteiger partial charge in [-0.05, 0) is 54.6 Å². The van der Waals surface area contributed by atoms with E-state index in [-0.39, 0.29) is 10.7 Å². The summed E-state index contributed by atoms with van der Waals surface area (Å²) in [5, 5.41) is 11.3. The fourth-order valence-corrected chi connectivity index (χ4v) is 3.73. The molecule has 2 saturated carbocycles. The smallest absolute Gasteiger partial charge is 0.355 e. The number of imidazole rings is 1. The maximum atomic E-state index is 11.3. The Morgan fingerprint density at radius 3 is 3.00 bits per heavy atom. The van der Waals surface area contributed by atoms with Crippen molar-refractivity contribution in [3.63, 3.8) is 0 Å². The molecule has 4 rings (SSSR count). The molecule has 2 bridgehead atoms. The summed E-state index contributed by atoms with van der Waals surface area (Å²) < 4.78 is 1.56. The third-order valence-electron chi connectivity index (χ3n) is 4.62. The van der Waals surface area contributed by atoms with Gasteiger partial charge in [0.05, 0.1) is 6.20 Å². The van der Waals surface area contributed by atoms with Crippen molar-refractivity contribution in [1.29, 1.82) is 0 Å². The molecule has 0 aliphatic heterocycles. The second-order valence-electron chi connectivity index (χ2n) is 5.81. The topological polar surface area (TPSA) is 60.4 Å². The van der Waals surface area contributed by atoms with Crippen molar-refractivity contribution in [2.75, 3.05) is 0 Å². The van der Waals surface area contributed by atoms with E-state index in [1.165, 1.54) is 24.8 Å². The Kier molecular flexibility index (Phi) is 2.42. The molecular formula is C15H15N3O2. The average molecular weight is 269 g/mol. The van der Waals surface area contributed by atoms with Crippen LogP contribution in [0.3, 0.4) is 0 Å². The van der Waals surface area contributed by atoms with Crippen LogP contribution in [0.15, 0.2) is 30.0 Å². The van der Waals surface area contributed by atoms with Crippen LogP contribution in [0.1, 0.15) is 31.4 Å². The van der Waals surface area contributed by atoms with Crippen molar-refractivity contribution in [3.8, 4) is 0 Å². The predicted octanol–water partition coefficient (Wildman–Crippen LogP) is 3.45. The van der Waals surface area contributed by atoms with E-state index in [4.69, 9.17) is 0 Å². The van der Waals surface area contributed by atoms with Gasteiger partial charge in [-0.15, -0.1) is 0 Å². The molecule has 2 atom stereocenters. The first-order chi connectivity index (χ1) is 9.72. The maximum Gasteiger partial charge on any atom is 0.355 e. The zero-order valence-electron chi connectivity index (χ0n) is 11.0. The Labute approximate surface area is 116 Å². The SMILES string of the molecule is O=[N+]([O-])c1c(/C=C2\CC3CCC2C3)nc2ccccn12. The fraction of sp³-hybridized carbons (Fsp3) is 0.400. The van der Waals surface area contributed by atoms with Crippen molar-refractivity contribution < 1.29 is 4.92 Å². The highest BCUT2D eigenvalue weighted by atomic mass is 16.6. The summed E-state index contributed by atoms with van der Waals surface area (Å²) in [6, 6.07) is 5.44. The molecule has 0 amide bonds. The van der Waals surface area contributed by atoms with Crippen LogP contribution in [0.2, 0.25) is 0 Å². The van der Waals surface area contributed by atoms with Gasteiger partial charge in [-0.1, -0.05) is 11.6 Å². The highest BCUT2D eigenvalue weighted by Crippen LogP contribution is 2.48. The standard InChI is InChI=1S/C15H15N3O2/c19-18(20)15-13(16-14-3-1-2-6-17(14)15)9-12-8-10-4-5-11(12)7-10/h1-3,6,9-11H,4-5,7-8H2/b12-9+. The number of hydrogen-bond acceptors (Lipinski definition) is 3. The zero-order chi connectivity index (χ0) is 13.7. The molecule has 2 aliphatic rings. The Hall–Kier alpha value is -2.17. The van der Waals surface area contributed by atoms with Crippen LogP contribution in [-0.4, -0.2) is 14.3 Å². The summed E-state index contributed by atoms with van der Waals surface area (Å²) >= 11 is 0. The Morgan fingerprint density at radius 1 is 1.40 bits per heavy atom. The lowest BCUT2D eigenvalue weighted by Crippen LogP contribution is -1.99. The first-order valence-corrected chi connectivity index (χ1v) is 7.04.